The van der Waals surface area contributed by atoms with Crippen LogP contribution < -0.4 is 10.1 Å². The Hall–Kier alpha value is -2.57. The van der Waals surface area contributed by atoms with Crippen molar-refractivity contribution in [3.8, 4) is 11.5 Å². The Morgan fingerprint density at radius 2 is 2.13 bits per heavy atom. The second-order valence-electron chi connectivity index (χ2n) is 7.42. The highest BCUT2D eigenvalue weighted by Crippen LogP contribution is 2.39. The second kappa shape index (κ2) is 9.06. The van der Waals surface area contributed by atoms with Gasteiger partial charge < -0.3 is 19.7 Å². The first-order chi connectivity index (χ1) is 14.6. The number of amidine groups is 1. The number of nitrogens with zero attached hydrogens (tertiary/aromatic N) is 2. The summed E-state index contributed by atoms with van der Waals surface area (Å²) in [5.74, 6) is 1.87. The number of piperazine rings is 1. The third-order valence-electron chi connectivity index (χ3n) is 5.51. The van der Waals surface area contributed by atoms with E-state index in [1.807, 2.05) is 56.3 Å². The lowest BCUT2D eigenvalue weighted by Gasteiger charge is -2.38. The van der Waals surface area contributed by atoms with Crippen molar-refractivity contribution in [3.05, 3.63) is 53.1 Å². The average Bonchev–Trinajstić information content (AvgIpc) is 2.91. The minimum absolute atomic E-state index is 0.0208. The minimum atomic E-state index is -0.207. The van der Waals surface area contributed by atoms with E-state index in [4.69, 9.17) is 26.1 Å². The molecule has 1 saturated heterocycles. The molecule has 0 amide bonds. The number of aliphatic imine (C=N–C) groups is 1. The van der Waals surface area contributed by atoms with Crippen LogP contribution in [-0.2, 0) is 9.53 Å². The number of hydrogen-bond donors (Lipinski definition) is 1. The number of nitrogens with one attached hydrogen (secondary N) is 1. The van der Waals surface area contributed by atoms with Gasteiger partial charge in [-0.15, -0.1) is 0 Å². The SMILES string of the molecule is CCOC(=O)C(CC)C1CN(C2=Nc3ccccc3Oc3ccc(Cl)cc32)CCN1. The van der Waals surface area contributed by atoms with E-state index in [-0.39, 0.29) is 17.9 Å². The van der Waals surface area contributed by atoms with Crippen molar-refractivity contribution in [2.24, 2.45) is 10.9 Å². The fraction of sp³-hybridized carbons (Fsp3) is 0.391. The van der Waals surface area contributed by atoms with Crippen LogP contribution in [0.15, 0.2) is 47.5 Å². The fourth-order valence-corrected chi connectivity index (χ4v) is 4.21. The highest BCUT2D eigenvalue weighted by molar-refractivity contribution is 6.31. The zero-order valence-corrected chi connectivity index (χ0v) is 18.0. The quantitative estimate of drug-likeness (QED) is 0.733. The summed E-state index contributed by atoms with van der Waals surface area (Å²) >= 11 is 6.32. The van der Waals surface area contributed by atoms with E-state index in [0.717, 1.165) is 35.9 Å². The molecule has 4 rings (SSSR count). The number of halogens is 1. The molecule has 0 spiro atoms. The van der Waals surface area contributed by atoms with Crippen LogP contribution >= 0.6 is 11.6 Å². The van der Waals surface area contributed by atoms with Crippen LogP contribution in [-0.4, -0.2) is 49.0 Å². The van der Waals surface area contributed by atoms with E-state index in [9.17, 15) is 4.79 Å². The molecule has 0 bridgehead atoms. The molecule has 1 fully saturated rings. The molecule has 2 aromatic rings. The Morgan fingerprint density at radius 3 is 2.93 bits per heavy atom. The van der Waals surface area contributed by atoms with Crippen molar-refractivity contribution < 1.29 is 14.3 Å². The zero-order chi connectivity index (χ0) is 21.1. The largest absolute Gasteiger partial charge is 0.466 e. The summed E-state index contributed by atoms with van der Waals surface area (Å²) in [5.41, 5.74) is 1.62. The van der Waals surface area contributed by atoms with Gasteiger partial charge in [-0.05, 0) is 43.7 Å². The molecular weight excluding hydrogens is 402 g/mol. The van der Waals surface area contributed by atoms with Gasteiger partial charge in [0.15, 0.2) is 5.75 Å². The van der Waals surface area contributed by atoms with Crippen molar-refractivity contribution in [1.82, 2.24) is 10.2 Å². The Balaban J connectivity index is 1.70. The molecule has 2 heterocycles. The maximum atomic E-state index is 12.5. The minimum Gasteiger partial charge on any atom is -0.466 e. The molecule has 0 saturated carbocycles. The first-order valence-electron chi connectivity index (χ1n) is 10.4. The number of ether oxygens (including phenoxy) is 2. The number of carbonyl (C=O) groups is 1. The molecular formula is C23H26ClN3O3. The monoisotopic (exact) mass is 427 g/mol. The summed E-state index contributed by atoms with van der Waals surface area (Å²) in [6.45, 7) is 6.40. The number of hydrogen-bond acceptors (Lipinski definition) is 6. The van der Waals surface area contributed by atoms with Gasteiger partial charge in [-0.3, -0.25) is 4.79 Å². The summed E-state index contributed by atoms with van der Waals surface area (Å²) in [7, 11) is 0. The molecule has 30 heavy (non-hydrogen) atoms. The first-order valence-corrected chi connectivity index (χ1v) is 10.8. The van der Waals surface area contributed by atoms with Crippen molar-refractivity contribution in [3.63, 3.8) is 0 Å². The summed E-state index contributed by atoms with van der Waals surface area (Å²) in [6.07, 6.45) is 0.713. The zero-order valence-electron chi connectivity index (χ0n) is 17.2. The number of para-hydroxylation sites is 2. The number of benzene rings is 2. The van der Waals surface area contributed by atoms with Crippen molar-refractivity contribution in [2.75, 3.05) is 26.2 Å². The van der Waals surface area contributed by atoms with Crippen LogP contribution in [0.25, 0.3) is 0 Å². The Kier molecular flexibility index (Phi) is 6.25. The number of carbonyl (C=O) groups excluding carboxylic acids is 1. The summed E-state index contributed by atoms with van der Waals surface area (Å²) in [6, 6.07) is 13.3. The molecule has 2 atom stereocenters. The summed E-state index contributed by atoms with van der Waals surface area (Å²) < 4.78 is 11.5. The predicted octanol–water partition coefficient (Wildman–Crippen LogP) is 4.39. The maximum Gasteiger partial charge on any atom is 0.310 e. The van der Waals surface area contributed by atoms with Crippen LogP contribution in [0.5, 0.6) is 11.5 Å². The van der Waals surface area contributed by atoms with Gasteiger partial charge in [-0.25, -0.2) is 4.99 Å². The van der Waals surface area contributed by atoms with Crippen LogP contribution in [0, 0.1) is 5.92 Å². The van der Waals surface area contributed by atoms with Gasteiger partial charge in [0.1, 0.15) is 17.3 Å². The Labute approximate surface area is 181 Å². The number of esters is 1. The van der Waals surface area contributed by atoms with E-state index in [1.54, 1.807) is 0 Å². The van der Waals surface area contributed by atoms with Crippen LogP contribution in [0.2, 0.25) is 5.02 Å². The van der Waals surface area contributed by atoms with Gasteiger partial charge in [0.2, 0.25) is 0 Å². The van der Waals surface area contributed by atoms with Crippen molar-refractivity contribution >= 4 is 29.1 Å². The molecule has 2 aromatic carbocycles. The lowest BCUT2D eigenvalue weighted by atomic mass is 9.94. The topological polar surface area (TPSA) is 63.2 Å². The smallest absolute Gasteiger partial charge is 0.310 e. The molecule has 158 valence electrons. The number of rotatable bonds is 4. The van der Waals surface area contributed by atoms with Gasteiger partial charge in [0.05, 0.1) is 18.1 Å². The van der Waals surface area contributed by atoms with Gasteiger partial charge in [-0.2, -0.15) is 0 Å². The molecule has 0 aromatic heterocycles. The highest BCUT2D eigenvalue weighted by atomic mass is 35.5. The molecule has 6 nitrogen and oxygen atoms in total. The van der Waals surface area contributed by atoms with Gasteiger partial charge in [0.25, 0.3) is 0 Å². The lowest BCUT2D eigenvalue weighted by molar-refractivity contribution is -0.149. The standard InChI is InChI=1S/C23H26ClN3O3/c1-3-16(23(28)29-4-2)19-14-27(12-11-25-19)22-17-13-15(24)9-10-20(17)30-21-8-6-5-7-18(21)26-22/h5-10,13,16,19,25H,3-4,11-12,14H2,1-2H3. The Bertz CT molecular complexity index is 962. The molecule has 2 unspecified atom stereocenters. The van der Waals surface area contributed by atoms with E-state index < -0.39 is 0 Å². The second-order valence-corrected chi connectivity index (χ2v) is 7.86. The fourth-order valence-electron chi connectivity index (χ4n) is 4.04. The average molecular weight is 428 g/mol. The van der Waals surface area contributed by atoms with Crippen molar-refractivity contribution in [2.45, 2.75) is 26.3 Å². The normalized spacial score (nSPS) is 19.0. The predicted molar refractivity (Wildman–Crippen MR) is 118 cm³/mol. The molecule has 2 aliphatic heterocycles. The first kappa shape index (κ1) is 20.7. The molecule has 1 N–H and O–H groups in total. The third-order valence-corrected chi connectivity index (χ3v) is 5.75. The number of fused-ring (bicyclic) bond motifs is 2. The molecule has 0 radical (unpaired) electrons. The Morgan fingerprint density at radius 1 is 1.30 bits per heavy atom. The van der Waals surface area contributed by atoms with E-state index in [1.165, 1.54) is 0 Å². The van der Waals surface area contributed by atoms with Gasteiger partial charge >= 0.3 is 5.97 Å². The van der Waals surface area contributed by atoms with Gasteiger partial charge in [0, 0.05) is 30.7 Å². The molecule has 2 aliphatic rings. The summed E-state index contributed by atoms with van der Waals surface area (Å²) in [4.78, 5) is 19.6. The van der Waals surface area contributed by atoms with E-state index >= 15 is 0 Å². The van der Waals surface area contributed by atoms with Crippen molar-refractivity contribution in [1.29, 1.82) is 0 Å². The maximum absolute atomic E-state index is 12.5. The van der Waals surface area contributed by atoms with Crippen LogP contribution in [0.3, 0.4) is 0 Å². The lowest BCUT2D eigenvalue weighted by Crippen LogP contribution is -2.56. The van der Waals surface area contributed by atoms with Crippen LogP contribution in [0.4, 0.5) is 5.69 Å². The highest BCUT2D eigenvalue weighted by Gasteiger charge is 2.34. The van der Waals surface area contributed by atoms with E-state index in [0.29, 0.717) is 30.3 Å². The summed E-state index contributed by atoms with van der Waals surface area (Å²) in [5, 5.41) is 4.12. The molecule has 7 heteroatoms. The van der Waals surface area contributed by atoms with Crippen LogP contribution in [0.1, 0.15) is 25.8 Å². The van der Waals surface area contributed by atoms with E-state index in [2.05, 4.69) is 10.2 Å². The molecule has 0 aliphatic carbocycles. The third kappa shape index (κ3) is 4.16. The van der Waals surface area contributed by atoms with Gasteiger partial charge in [-0.1, -0.05) is 30.7 Å².